The summed E-state index contributed by atoms with van der Waals surface area (Å²) in [6.45, 7) is 0. The molecule has 2 rings (SSSR count). The zero-order chi connectivity index (χ0) is 13.6. The van der Waals surface area contributed by atoms with Crippen molar-refractivity contribution in [3.63, 3.8) is 0 Å². The summed E-state index contributed by atoms with van der Waals surface area (Å²) in [4.78, 5) is 10.8. The van der Waals surface area contributed by atoms with Gasteiger partial charge in [0.1, 0.15) is 5.54 Å². The summed E-state index contributed by atoms with van der Waals surface area (Å²) < 4.78 is 38.1. The summed E-state index contributed by atoms with van der Waals surface area (Å²) in [7, 11) is 0. The molecular weight excluding hydrogens is 249 g/mol. The third-order valence-electron chi connectivity index (χ3n) is 2.96. The van der Waals surface area contributed by atoms with Gasteiger partial charge in [-0.15, -0.1) is 0 Å². The second-order valence-electron chi connectivity index (χ2n) is 4.31. The van der Waals surface area contributed by atoms with E-state index in [0.717, 1.165) is 6.07 Å². The number of benzene rings is 1. The van der Waals surface area contributed by atoms with Gasteiger partial charge >= 0.3 is 12.1 Å². The molecule has 0 spiro atoms. The Balaban J connectivity index is 2.26. The molecule has 4 nitrogen and oxygen atoms in total. The number of hydrogen-bond acceptors (Lipinski definition) is 3. The van der Waals surface area contributed by atoms with Crippen LogP contribution in [0, 0.1) is 0 Å². The van der Waals surface area contributed by atoms with Crippen LogP contribution in [0.1, 0.15) is 23.2 Å². The van der Waals surface area contributed by atoms with Gasteiger partial charge in [-0.1, -0.05) is 0 Å². The van der Waals surface area contributed by atoms with E-state index in [1.807, 2.05) is 0 Å². The third kappa shape index (κ3) is 2.07. The molecule has 0 atom stereocenters. The predicted octanol–water partition coefficient (Wildman–Crippen LogP) is 2.47. The number of hydrogen-bond donors (Lipinski definition) is 3. The van der Waals surface area contributed by atoms with Crippen LogP contribution in [0.25, 0.3) is 0 Å². The summed E-state index contributed by atoms with van der Waals surface area (Å²) in [5.74, 6) is -1.27. The standard InChI is InChI=1S/C11H11F3N2O2/c12-11(13,14)10(3-4-10)16-6-1-2-8(15)7(5-6)9(17)18/h1-2,5,16H,3-4,15H2,(H,17,18). The Labute approximate surface area is 101 Å². The number of nitrogen functional groups attached to an aromatic ring is 1. The summed E-state index contributed by atoms with van der Waals surface area (Å²) in [6, 6.07) is 3.73. The highest BCUT2D eigenvalue weighted by Gasteiger charge is 2.63. The zero-order valence-corrected chi connectivity index (χ0v) is 9.21. The normalized spacial score (nSPS) is 17.3. The van der Waals surface area contributed by atoms with Gasteiger partial charge in [-0.25, -0.2) is 4.79 Å². The lowest BCUT2D eigenvalue weighted by molar-refractivity contribution is -0.151. The number of anilines is 2. The van der Waals surface area contributed by atoms with E-state index in [0.29, 0.717) is 0 Å². The molecule has 98 valence electrons. The Morgan fingerprint density at radius 1 is 1.39 bits per heavy atom. The molecule has 18 heavy (non-hydrogen) atoms. The van der Waals surface area contributed by atoms with E-state index in [1.165, 1.54) is 12.1 Å². The number of nitrogens with two attached hydrogens (primary N) is 1. The topological polar surface area (TPSA) is 75.3 Å². The van der Waals surface area contributed by atoms with Crippen molar-refractivity contribution < 1.29 is 23.1 Å². The maximum absolute atomic E-state index is 12.7. The maximum atomic E-state index is 12.7. The number of rotatable bonds is 3. The van der Waals surface area contributed by atoms with Crippen LogP contribution in [0.4, 0.5) is 24.5 Å². The van der Waals surface area contributed by atoms with Crippen LogP contribution in [0.2, 0.25) is 0 Å². The van der Waals surface area contributed by atoms with Gasteiger partial charge in [0.15, 0.2) is 0 Å². The lowest BCUT2D eigenvalue weighted by atomic mass is 10.1. The monoisotopic (exact) mass is 260 g/mol. The Kier molecular flexibility index (Phi) is 2.64. The van der Waals surface area contributed by atoms with E-state index in [4.69, 9.17) is 10.8 Å². The predicted molar refractivity (Wildman–Crippen MR) is 59.5 cm³/mol. The van der Waals surface area contributed by atoms with E-state index >= 15 is 0 Å². The van der Waals surface area contributed by atoms with Crippen molar-refractivity contribution in [3.05, 3.63) is 23.8 Å². The van der Waals surface area contributed by atoms with E-state index < -0.39 is 17.7 Å². The van der Waals surface area contributed by atoms with Gasteiger partial charge in [-0.3, -0.25) is 0 Å². The van der Waals surface area contributed by atoms with Gasteiger partial charge in [0.2, 0.25) is 0 Å². The van der Waals surface area contributed by atoms with Crippen molar-refractivity contribution >= 4 is 17.3 Å². The second-order valence-corrected chi connectivity index (χ2v) is 4.31. The lowest BCUT2D eigenvalue weighted by Gasteiger charge is -2.22. The minimum Gasteiger partial charge on any atom is -0.478 e. The summed E-state index contributed by atoms with van der Waals surface area (Å²) in [5.41, 5.74) is 3.42. The van der Waals surface area contributed by atoms with Crippen LogP contribution in [0.3, 0.4) is 0 Å². The fourth-order valence-electron chi connectivity index (χ4n) is 1.70. The Morgan fingerprint density at radius 3 is 2.44 bits per heavy atom. The largest absolute Gasteiger partial charge is 0.478 e. The number of carbonyl (C=O) groups is 1. The van der Waals surface area contributed by atoms with Crippen molar-refractivity contribution in [2.45, 2.75) is 24.6 Å². The number of carboxylic acid groups (broad SMARTS) is 1. The van der Waals surface area contributed by atoms with Crippen molar-refractivity contribution in [2.24, 2.45) is 0 Å². The third-order valence-corrected chi connectivity index (χ3v) is 2.96. The number of carboxylic acids is 1. The molecule has 4 N–H and O–H groups in total. The molecule has 0 unspecified atom stereocenters. The maximum Gasteiger partial charge on any atom is 0.411 e. The molecule has 0 aromatic heterocycles. The van der Waals surface area contributed by atoms with E-state index in [-0.39, 0.29) is 29.8 Å². The highest BCUT2D eigenvalue weighted by molar-refractivity contribution is 5.94. The number of halogens is 3. The minimum atomic E-state index is -4.35. The molecule has 7 heteroatoms. The zero-order valence-electron chi connectivity index (χ0n) is 9.21. The fourth-order valence-corrected chi connectivity index (χ4v) is 1.70. The van der Waals surface area contributed by atoms with Crippen molar-refractivity contribution in [3.8, 4) is 0 Å². The summed E-state index contributed by atoms with van der Waals surface area (Å²) in [5, 5.41) is 11.2. The van der Waals surface area contributed by atoms with E-state index in [1.54, 1.807) is 0 Å². The smallest absolute Gasteiger partial charge is 0.411 e. The van der Waals surface area contributed by atoms with Crippen LogP contribution < -0.4 is 11.1 Å². The first kappa shape index (κ1) is 12.5. The summed E-state index contributed by atoms with van der Waals surface area (Å²) in [6.07, 6.45) is -4.37. The highest BCUT2D eigenvalue weighted by atomic mass is 19.4. The molecule has 1 aliphatic rings. The van der Waals surface area contributed by atoms with E-state index in [9.17, 15) is 18.0 Å². The van der Waals surface area contributed by atoms with Gasteiger partial charge in [0, 0.05) is 11.4 Å². The van der Waals surface area contributed by atoms with Crippen molar-refractivity contribution in [1.82, 2.24) is 0 Å². The molecule has 1 fully saturated rings. The molecule has 0 bridgehead atoms. The van der Waals surface area contributed by atoms with Crippen molar-refractivity contribution in [1.29, 1.82) is 0 Å². The Hall–Kier alpha value is -1.92. The molecule has 0 heterocycles. The van der Waals surface area contributed by atoms with Crippen molar-refractivity contribution in [2.75, 3.05) is 11.1 Å². The second kappa shape index (κ2) is 3.79. The van der Waals surface area contributed by atoms with Gasteiger partial charge in [0.05, 0.1) is 5.56 Å². The number of aromatic carboxylic acids is 1. The van der Waals surface area contributed by atoms with Gasteiger partial charge in [-0.2, -0.15) is 13.2 Å². The molecule has 0 radical (unpaired) electrons. The lowest BCUT2D eigenvalue weighted by Crippen LogP contribution is -2.38. The fraction of sp³-hybridized carbons (Fsp3) is 0.364. The first-order chi connectivity index (χ1) is 8.25. The van der Waals surface area contributed by atoms with Crippen LogP contribution >= 0.6 is 0 Å². The van der Waals surface area contributed by atoms with Gasteiger partial charge in [-0.05, 0) is 31.0 Å². The average Bonchev–Trinajstić information content (AvgIpc) is 3.00. The molecule has 1 aromatic rings. The Morgan fingerprint density at radius 2 is 2.00 bits per heavy atom. The SMILES string of the molecule is Nc1ccc(NC2(C(F)(F)F)CC2)cc1C(=O)O. The number of nitrogens with one attached hydrogen (secondary N) is 1. The first-order valence-corrected chi connectivity index (χ1v) is 5.23. The highest BCUT2D eigenvalue weighted by Crippen LogP contribution is 2.51. The Bertz CT molecular complexity index is 496. The van der Waals surface area contributed by atoms with Crippen LogP contribution in [0.5, 0.6) is 0 Å². The molecule has 1 saturated carbocycles. The summed E-state index contributed by atoms with van der Waals surface area (Å²) >= 11 is 0. The first-order valence-electron chi connectivity index (χ1n) is 5.23. The molecule has 0 saturated heterocycles. The van der Waals surface area contributed by atoms with Crippen LogP contribution in [0.15, 0.2) is 18.2 Å². The van der Waals surface area contributed by atoms with Crippen LogP contribution in [-0.4, -0.2) is 22.8 Å². The van der Waals surface area contributed by atoms with Gasteiger partial charge < -0.3 is 16.2 Å². The minimum absolute atomic E-state index is 0.0106. The molecule has 0 amide bonds. The molecule has 0 aliphatic heterocycles. The quantitative estimate of drug-likeness (QED) is 0.730. The number of alkyl halides is 3. The average molecular weight is 260 g/mol. The van der Waals surface area contributed by atoms with Gasteiger partial charge in [0.25, 0.3) is 0 Å². The molecule has 1 aromatic carbocycles. The van der Waals surface area contributed by atoms with E-state index in [2.05, 4.69) is 5.32 Å². The molecule has 1 aliphatic carbocycles. The van der Waals surface area contributed by atoms with Crippen LogP contribution in [-0.2, 0) is 0 Å². The molecular formula is C11H11F3N2O2.